The second-order valence-electron chi connectivity index (χ2n) is 6.31. The number of hydrogen-bond acceptors (Lipinski definition) is 5. The number of para-hydroxylation sites is 2. The topological polar surface area (TPSA) is 51.2 Å². The van der Waals surface area contributed by atoms with Gasteiger partial charge in [-0.2, -0.15) is 0 Å². The molecule has 0 saturated carbocycles. The zero-order valence-corrected chi connectivity index (χ0v) is 14.8. The summed E-state index contributed by atoms with van der Waals surface area (Å²) >= 11 is 0. The van der Waals surface area contributed by atoms with Crippen molar-refractivity contribution in [1.29, 1.82) is 0 Å². The molecule has 0 aliphatic carbocycles. The molecule has 4 rings (SSSR count). The summed E-state index contributed by atoms with van der Waals surface area (Å²) < 4.78 is 16.6. The van der Waals surface area contributed by atoms with Crippen LogP contribution < -0.4 is 19.1 Å². The van der Waals surface area contributed by atoms with Crippen LogP contribution in [0.4, 0.5) is 5.69 Å². The van der Waals surface area contributed by atoms with E-state index in [4.69, 9.17) is 14.2 Å². The third kappa shape index (κ3) is 3.14. The highest BCUT2D eigenvalue weighted by Gasteiger charge is 2.25. The molecule has 0 atom stereocenters. The minimum absolute atomic E-state index is 0.0293. The van der Waals surface area contributed by atoms with Crippen molar-refractivity contribution >= 4 is 11.6 Å². The lowest BCUT2D eigenvalue weighted by molar-refractivity contribution is 0.0745. The average molecular weight is 354 g/mol. The minimum atomic E-state index is 0.0293. The molecule has 0 aromatic heterocycles. The zero-order chi connectivity index (χ0) is 17.9. The Labute approximate surface area is 152 Å². The first kappa shape index (κ1) is 16.6. The number of benzene rings is 2. The summed E-state index contributed by atoms with van der Waals surface area (Å²) in [6.07, 6.45) is 0. The number of carbonyl (C=O) groups excluding carboxylic acids is 1. The Bertz CT molecular complexity index is 800. The van der Waals surface area contributed by atoms with Gasteiger partial charge in [0.25, 0.3) is 5.91 Å². The van der Waals surface area contributed by atoms with Crippen LogP contribution in [0.1, 0.15) is 10.4 Å². The smallest absolute Gasteiger partial charge is 0.254 e. The SMILES string of the molecule is COc1ccccc1N1CCN(C(=O)c2ccc3c(c2)OCCO3)CC1. The first-order valence-electron chi connectivity index (χ1n) is 8.83. The predicted molar refractivity (Wildman–Crippen MR) is 98.5 cm³/mol. The van der Waals surface area contributed by atoms with Crippen LogP contribution in [0, 0.1) is 0 Å². The second-order valence-corrected chi connectivity index (χ2v) is 6.31. The van der Waals surface area contributed by atoms with E-state index >= 15 is 0 Å². The zero-order valence-electron chi connectivity index (χ0n) is 14.8. The molecule has 2 aromatic rings. The van der Waals surface area contributed by atoms with E-state index in [9.17, 15) is 4.79 Å². The lowest BCUT2D eigenvalue weighted by Gasteiger charge is -2.36. The summed E-state index contributed by atoms with van der Waals surface area (Å²) in [6, 6.07) is 13.4. The van der Waals surface area contributed by atoms with Gasteiger partial charge in [0.1, 0.15) is 19.0 Å². The fourth-order valence-electron chi connectivity index (χ4n) is 3.40. The van der Waals surface area contributed by atoms with E-state index in [0.29, 0.717) is 43.4 Å². The van der Waals surface area contributed by atoms with Gasteiger partial charge in [0, 0.05) is 31.7 Å². The van der Waals surface area contributed by atoms with E-state index in [0.717, 1.165) is 24.5 Å². The molecule has 1 saturated heterocycles. The average Bonchev–Trinajstić information content (AvgIpc) is 2.73. The normalized spacial score (nSPS) is 16.3. The van der Waals surface area contributed by atoms with Crippen LogP contribution in [0.25, 0.3) is 0 Å². The second kappa shape index (κ2) is 7.15. The molecule has 26 heavy (non-hydrogen) atoms. The monoisotopic (exact) mass is 354 g/mol. The molecule has 6 heteroatoms. The molecule has 0 N–H and O–H groups in total. The summed E-state index contributed by atoms with van der Waals surface area (Å²) in [7, 11) is 1.68. The first-order valence-corrected chi connectivity index (χ1v) is 8.83. The molecule has 2 aromatic carbocycles. The largest absolute Gasteiger partial charge is 0.495 e. The highest BCUT2D eigenvalue weighted by Crippen LogP contribution is 2.32. The van der Waals surface area contributed by atoms with Crippen molar-refractivity contribution in [3.8, 4) is 17.2 Å². The van der Waals surface area contributed by atoms with Gasteiger partial charge in [-0.15, -0.1) is 0 Å². The van der Waals surface area contributed by atoms with E-state index in [1.165, 1.54) is 0 Å². The summed E-state index contributed by atoms with van der Waals surface area (Å²) in [4.78, 5) is 17.0. The Hall–Kier alpha value is -2.89. The number of methoxy groups -OCH3 is 1. The maximum Gasteiger partial charge on any atom is 0.254 e. The number of rotatable bonds is 3. The highest BCUT2D eigenvalue weighted by molar-refractivity contribution is 5.95. The highest BCUT2D eigenvalue weighted by atomic mass is 16.6. The molecule has 1 amide bonds. The van der Waals surface area contributed by atoms with Gasteiger partial charge in [-0.3, -0.25) is 4.79 Å². The van der Waals surface area contributed by atoms with Crippen molar-refractivity contribution in [2.24, 2.45) is 0 Å². The Kier molecular flexibility index (Phi) is 4.56. The van der Waals surface area contributed by atoms with Gasteiger partial charge in [0.2, 0.25) is 0 Å². The van der Waals surface area contributed by atoms with Gasteiger partial charge in [0.15, 0.2) is 11.5 Å². The molecular formula is C20H22N2O4. The Morgan fingerprint density at radius 2 is 1.69 bits per heavy atom. The summed E-state index contributed by atoms with van der Waals surface area (Å²) in [5.74, 6) is 2.24. The lowest BCUT2D eigenvalue weighted by atomic mass is 10.1. The van der Waals surface area contributed by atoms with Gasteiger partial charge in [-0.1, -0.05) is 12.1 Å². The maximum atomic E-state index is 12.8. The lowest BCUT2D eigenvalue weighted by Crippen LogP contribution is -2.48. The minimum Gasteiger partial charge on any atom is -0.495 e. The molecular weight excluding hydrogens is 332 g/mol. The van der Waals surface area contributed by atoms with Crippen molar-refractivity contribution in [3.63, 3.8) is 0 Å². The summed E-state index contributed by atoms with van der Waals surface area (Å²) in [5, 5.41) is 0. The predicted octanol–water partition coefficient (Wildman–Crippen LogP) is 2.43. The maximum absolute atomic E-state index is 12.8. The van der Waals surface area contributed by atoms with Crippen molar-refractivity contribution in [2.75, 3.05) is 51.4 Å². The molecule has 1 fully saturated rings. The number of nitrogens with zero attached hydrogens (tertiary/aromatic N) is 2. The molecule has 0 unspecified atom stereocenters. The first-order chi connectivity index (χ1) is 12.8. The van der Waals surface area contributed by atoms with E-state index in [2.05, 4.69) is 11.0 Å². The number of anilines is 1. The van der Waals surface area contributed by atoms with E-state index in [-0.39, 0.29) is 5.91 Å². The van der Waals surface area contributed by atoms with Crippen LogP contribution in [0.3, 0.4) is 0 Å². The molecule has 0 bridgehead atoms. The van der Waals surface area contributed by atoms with Crippen LogP contribution >= 0.6 is 0 Å². The fraction of sp³-hybridized carbons (Fsp3) is 0.350. The number of hydrogen-bond donors (Lipinski definition) is 0. The number of carbonyl (C=O) groups is 1. The molecule has 0 spiro atoms. The molecule has 0 radical (unpaired) electrons. The molecule has 2 heterocycles. The Morgan fingerprint density at radius 3 is 2.46 bits per heavy atom. The van der Waals surface area contributed by atoms with E-state index < -0.39 is 0 Å². The Morgan fingerprint density at radius 1 is 0.962 bits per heavy atom. The standard InChI is InChI=1S/C20H22N2O4/c1-24-17-5-3-2-4-16(17)21-8-10-22(11-9-21)20(23)15-6-7-18-19(14-15)26-13-12-25-18/h2-7,14H,8-13H2,1H3. The van der Waals surface area contributed by atoms with Gasteiger partial charge in [-0.05, 0) is 30.3 Å². The van der Waals surface area contributed by atoms with Crippen LogP contribution in [0.2, 0.25) is 0 Å². The van der Waals surface area contributed by atoms with Crippen LogP contribution in [0.15, 0.2) is 42.5 Å². The van der Waals surface area contributed by atoms with Gasteiger partial charge in [0.05, 0.1) is 12.8 Å². The number of fused-ring (bicyclic) bond motifs is 1. The van der Waals surface area contributed by atoms with Crippen LogP contribution in [0.5, 0.6) is 17.2 Å². The van der Waals surface area contributed by atoms with Crippen molar-refractivity contribution in [2.45, 2.75) is 0 Å². The number of ether oxygens (including phenoxy) is 3. The van der Waals surface area contributed by atoms with Crippen molar-refractivity contribution in [1.82, 2.24) is 4.90 Å². The van der Waals surface area contributed by atoms with Crippen LogP contribution in [-0.4, -0.2) is 57.3 Å². The molecule has 136 valence electrons. The van der Waals surface area contributed by atoms with Gasteiger partial charge >= 0.3 is 0 Å². The van der Waals surface area contributed by atoms with Gasteiger partial charge in [-0.25, -0.2) is 0 Å². The number of amides is 1. The Balaban J connectivity index is 1.44. The molecule has 6 nitrogen and oxygen atoms in total. The summed E-state index contributed by atoms with van der Waals surface area (Å²) in [5.41, 5.74) is 1.71. The summed E-state index contributed by atoms with van der Waals surface area (Å²) in [6.45, 7) is 3.96. The van der Waals surface area contributed by atoms with Crippen LogP contribution in [-0.2, 0) is 0 Å². The quantitative estimate of drug-likeness (QED) is 0.847. The van der Waals surface area contributed by atoms with Crippen molar-refractivity contribution in [3.05, 3.63) is 48.0 Å². The third-order valence-electron chi connectivity index (χ3n) is 4.78. The van der Waals surface area contributed by atoms with E-state index in [1.54, 1.807) is 13.2 Å². The van der Waals surface area contributed by atoms with E-state index in [1.807, 2.05) is 35.2 Å². The van der Waals surface area contributed by atoms with Crippen molar-refractivity contribution < 1.29 is 19.0 Å². The molecule has 2 aliphatic heterocycles. The number of piperazine rings is 1. The third-order valence-corrected chi connectivity index (χ3v) is 4.78. The fourth-order valence-corrected chi connectivity index (χ4v) is 3.40. The van der Waals surface area contributed by atoms with Gasteiger partial charge < -0.3 is 24.0 Å². The molecule has 2 aliphatic rings.